The number of aryl methyl sites for hydroxylation is 1. The number of sulfonamides is 1. The minimum atomic E-state index is -3.82. The van der Waals surface area contributed by atoms with Crippen molar-refractivity contribution in [1.29, 1.82) is 0 Å². The first-order chi connectivity index (χ1) is 26.1. The molecule has 2 saturated carbocycles. The van der Waals surface area contributed by atoms with Crippen LogP contribution >= 0.6 is 0 Å². The van der Waals surface area contributed by atoms with E-state index in [0.717, 1.165) is 71.8 Å². The van der Waals surface area contributed by atoms with Crippen LogP contribution in [0.4, 0.5) is 0 Å². The van der Waals surface area contributed by atoms with Crippen LogP contribution in [0.5, 0.6) is 5.75 Å². The Morgan fingerprint density at radius 1 is 0.963 bits per heavy atom. The number of amides is 2. The number of allylic oxidation sites excluding steroid dienone is 1. The van der Waals surface area contributed by atoms with Gasteiger partial charge in [0.05, 0.1) is 55.2 Å². The number of aromatic nitrogens is 3. The van der Waals surface area contributed by atoms with Gasteiger partial charge in [0.2, 0.25) is 10.0 Å². The summed E-state index contributed by atoms with van der Waals surface area (Å²) in [5.74, 6) is 0.0115. The molecule has 12 nitrogen and oxygen atoms in total. The van der Waals surface area contributed by atoms with Crippen molar-refractivity contribution < 1.29 is 32.3 Å². The summed E-state index contributed by atoms with van der Waals surface area (Å²) in [5.41, 5.74) is 7.06. The monoisotopic (exact) mass is 753 g/mol. The number of methoxy groups -OCH3 is 1. The van der Waals surface area contributed by atoms with Crippen LogP contribution in [0.25, 0.3) is 33.8 Å². The number of likely N-dealkylation sites (tertiary alicyclic amines) is 1. The maximum Gasteiger partial charge on any atom is 0.264 e. The van der Waals surface area contributed by atoms with Gasteiger partial charge in [0, 0.05) is 35.7 Å². The molecule has 13 heteroatoms. The molecule has 2 aliphatic heterocycles. The molecule has 0 spiro atoms. The van der Waals surface area contributed by atoms with Gasteiger partial charge in [-0.25, -0.2) is 13.1 Å². The number of benzene rings is 2. The summed E-state index contributed by atoms with van der Waals surface area (Å²) in [6.45, 7) is 2.79. The van der Waals surface area contributed by atoms with E-state index in [4.69, 9.17) is 9.47 Å². The van der Waals surface area contributed by atoms with Crippen LogP contribution < -0.4 is 9.46 Å². The normalized spacial score (nSPS) is 19.2. The summed E-state index contributed by atoms with van der Waals surface area (Å²) in [6.07, 6.45) is 11.9. The number of Topliss-reactive ketones (excluding diaryl/α,β-unsaturated/α-hetero) is 1. The fraction of sp³-hybridized carbons (Fsp3) is 0.463. The summed E-state index contributed by atoms with van der Waals surface area (Å²) in [4.78, 5) is 42.0. The SMILES string of the molecule is CCOCC1C(=O)CN1C(=O)c1cnn(C)c1C1=Cc2cc(OC)ccc2-c2c(C3CCCCC3)c3ccc(C(=O)NS(=O)(=O)C4CCCC4)cc3n2C1. The van der Waals surface area contributed by atoms with Gasteiger partial charge in [0.25, 0.3) is 11.8 Å². The molecule has 1 saturated heterocycles. The lowest BCUT2D eigenvalue weighted by molar-refractivity contribution is -0.136. The van der Waals surface area contributed by atoms with Crippen molar-refractivity contribution in [1.82, 2.24) is 24.0 Å². The molecule has 1 N–H and O–H groups in total. The van der Waals surface area contributed by atoms with Crippen LogP contribution in [0.3, 0.4) is 0 Å². The van der Waals surface area contributed by atoms with Crippen LogP contribution in [-0.2, 0) is 33.1 Å². The molecule has 1 unspecified atom stereocenters. The number of nitrogens with one attached hydrogen (secondary N) is 1. The van der Waals surface area contributed by atoms with Gasteiger partial charge in [-0.3, -0.25) is 19.1 Å². The Balaban J connectivity index is 1.28. The minimum absolute atomic E-state index is 0.0163. The van der Waals surface area contributed by atoms with E-state index >= 15 is 0 Å². The zero-order chi connectivity index (χ0) is 37.7. The molecule has 54 heavy (non-hydrogen) atoms. The number of nitrogens with zero attached hydrogens (tertiary/aromatic N) is 4. The van der Waals surface area contributed by atoms with Gasteiger partial charge >= 0.3 is 0 Å². The highest BCUT2D eigenvalue weighted by Gasteiger charge is 2.42. The number of ether oxygens (including phenoxy) is 2. The Kier molecular flexibility index (Phi) is 9.72. The Bertz CT molecular complexity index is 2290. The third-order valence-corrected chi connectivity index (χ3v) is 13.6. The molecule has 8 rings (SSSR count). The van der Waals surface area contributed by atoms with Gasteiger partial charge in [-0.15, -0.1) is 0 Å². The van der Waals surface area contributed by atoms with Gasteiger partial charge in [0.15, 0.2) is 5.78 Å². The number of rotatable bonds is 10. The average molecular weight is 754 g/mol. The zero-order valence-corrected chi connectivity index (χ0v) is 31.9. The molecule has 4 aliphatic rings. The summed E-state index contributed by atoms with van der Waals surface area (Å²) in [6, 6.07) is 10.9. The second-order valence-corrected chi connectivity index (χ2v) is 17.0. The van der Waals surface area contributed by atoms with Crippen molar-refractivity contribution in [3.05, 3.63) is 70.5 Å². The van der Waals surface area contributed by atoms with Crippen molar-refractivity contribution >= 4 is 50.2 Å². The van der Waals surface area contributed by atoms with E-state index in [1.165, 1.54) is 12.0 Å². The Morgan fingerprint density at radius 3 is 2.44 bits per heavy atom. The standard InChI is InChI=1S/C41H47N5O7S/c1-4-53-24-35-36(47)23-46(35)41(49)33-21-42-44(2)38(33)28-18-27-19-29(52-3)15-17-31(27)39-37(25-10-6-5-7-11-25)32-16-14-26(20-34(32)45(39)22-28)40(48)43-54(50,51)30-12-8-9-13-30/h14-21,25,30,35H,4-13,22-24H2,1-3H3,(H,43,48). The number of carbonyl (C=O) groups is 3. The second kappa shape index (κ2) is 14.5. The number of fused-ring (bicyclic) bond motifs is 5. The van der Waals surface area contributed by atoms with E-state index in [9.17, 15) is 22.8 Å². The third kappa shape index (κ3) is 6.34. The van der Waals surface area contributed by atoms with Crippen LogP contribution in [0.15, 0.2) is 42.6 Å². The topological polar surface area (TPSA) is 142 Å². The maximum atomic E-state index is 14.2. The molecule has 2 aliphatic carbocycles. The average Bonchev–Trinajstić information content (AvgIpc) is 3.90. The molecule has 0 radical (unpaired) electrons. The van der Waals surface area contributed by atoms with Gasteiger partial charge < -0.3 is 18.9 Å². The van der Waals surface area contributed by atoms with E-state index in [1.54, 1.807) is 36.0 Å². The van der Waals surface area contributed by atoms with E-state index in [2.05, 4.69) is 26.5 Å². The highest BCUT2D eigenvalue weighted by Crippen LogP contribution is 2.48. The smallest absolute Gasteiger partial charge is 0.264 e. The van der Waals surface area contributed by atoms with Gasteiger partial charge in [-0.05, 0) is 91.6 Å². The molecule has 4 aromatic rings. The third-order valence-electron chi connectivity index (χ3n) is 11.8. The molecule has 4 heterocycles. The molecule has 3 fully saturated rings. The largest absolute Gasteiger partial charge is 0.497 e. The van der Waals surface area contributed by atoms with E-state index in [1.807, 2.05) is 31.2 Å². The van der Waals surface area contributed by atoms with E-state index < -0.39 is 27.2 Å². The van der Waals surface area contributed by atoms with Gasteiger partial charge in [-0.1, -0.05) is 38.2 Å². The molecule has 284 valence electrons. The Labute approximate surface area is 315 Å². The molecule has 2 aromatic heterocycles. The van der Waals surface area contributed by atoms with Crippen LogP contribution in [0, 0.1) is 0 Å². The summed E-state index contributed by atoms with van der Waals surface area (Å²) in [7, 11) is -0.377. The fourth-order valence-corrected chi connectivity index (χ4v) is 10.5. The van der Waals surface area contributed by atoms with Gasteiger partial charge in [-0.2, -0.15) is 5.10 Å². The van der Waals surface area contributed by atoms with Crippen molar-refractivity contribution in [3.63, 3.8) is 0 Å². The van der Waals surface area contributed by atoms with Gasteiger partial charge in [0.1, 0.15) is 11.8 Å². The number of carbonyl (C=O) groups excluding carboxylic acids is 3. The molecule has 0 bridgehead atoms. The fourth-order valence-electron chi connectivity index (χ4n) is 9.00. The zero-order valence-electron chi connectivity index (χ0n) is 31.1. The van der Waals surface area contributed by atoms with E-state index in [-0.39, 0.29) is 36.3 Å². The highest BCUT2D eigenvalue weighted by molar-refractivity contribution is 7.90. The Hall–Kier alpha value is -4.75. The first-order valence-corrected chi connectivity index (χ1v) is 20.7. The molecule has 1 atom stereocenters. The lowest BCUT2D eigenvalue weighted by atomic mass is 9.81. The lowest BCUT2D eigenvalue weighted by Crippen LogP contribution is -2.61. The quantitative estimate of drug-likeness (QED) is 0.205. The predicted molar refractivity (Wildman–Crippen MR) is 206 cm³/mol. The Morgan fingerprint density at radius 2 is 1.72 bits per heavy atom. The molecular formula is C41H47N5O7S. The first kappa shape index (κ1) is 36.2. The number of ketones is 1. The van der Waals surface area contributed by atoms with Crippen LogP contribution in [0.1, 0.15) is 108 Å². The van der Waals surface area contributed by atoms with Crippen molar-refractivity contribution in [2.45, 2.75) is 88.5 Å². The summed E-state index contributed by atoms with van der Waals surface area (Å²) < 4.78 is 43.9. The number of hydrogen-bond donors (Lipinski definition) is 1. The van der Waals surface area contributed by atoms with E-state index in [0.29, 0.717) is 43.0 Å². The minimum Gasteiger partial charge on any atom is -0.497 e. The first-order valence-electron chi connectivity index (χ1n) is 19.1. The van der Waals surface area contributed by atoms with Crippen LogP contribution in [-0.4, -0.2) is 83.4 Å². The molecule has 2 amide bonds. The molecule has 2 aromatic carbocycles. The summed E-state index contributed by atoms with van der Waals surface area (Å²) in [5, 5.41) is 5.01. The van der Waals surface area contributed by atoms with Crippen LogP contribution in [0.2, 0.25) is 0 Å². The lowest BCUT2D eigenvalue weighted by Gasteiger charge is -2.38. The van der Waals surface area contributed by atoms with Crippen molar-refractivity contribution in [3.8, 4) is 17.0 Å². The summed E-state index contributed by atoms with van der Waals surface area (Å²) >= 11 is 0. The maximum absolute atomic E-state index is 14.2. The predicted octanol–water partition coefficient (Wildman–Crippen LogP) is 6.08. The molecular weight excluding hydrogens is 707 g/mol. The van der Waals surface area contributed by atoms with Crippen molar-refractivity contribution in [2.75, 3.05) is 26.9 Å². The van der Waals surface area contributed by atoms with Crippen molar-refractivity contribution in [2.24, 2.45) is 7.05 Å². The second-order valence-electron chi connectivity index (χ2n) is 15.0. The number of hydrogen-bond acceptors (Lipinski definition) is 8. The highest BCUT2D eigenvalue weighted by atomic mass is 32.2.